The minimum atomic E-state index is -0.106. The largest absolute Gasteiger partial charge is 0.326 e. The summed E-state index contributed by atoms with van der Waals surface area (Å²) in [5.74, 6) is -0.159. The number of nitrogens with zero attached hydrogens (tertiary/aromatic N) is 1. The van der Waals surface area contributed by atoms with Gasteiger partial charge in [0.25, 0.3) is 0 Å². The maximum atomic E-state index is 13.2. The van der Waals surface area contributed by atoms with Gasteiger partial charge in [-0.05, 0) is 46.7 Å². The lowest BCUT2D eigenvalue weighted by molar-refractivity contribution is -0.118. The Morgan fingerprint density at radius 2 is 1.57 bits per heavy atom. The van der Waals surface area contributed by atoms with Crippen LogP contribution in [0.3, 0.4) is 0 Å². The third-order valence-corrected chi connectivity index (χ3v) is 7.76. The molecule has 5 heteroatoms. The molecule has 5 rings (SSSR count). The van der Waals surface area contributed by atoms with Crippen molar-refractivity contribution in [2.45, 2.75) is 27.7 Å². The number of carbonyl (C=O) groups excluding carboxylic acids is 2. The molecule has 0 spiro atoms. The maximum absolute atomic E-state index is 13.2. The molecular formula is C30H29N3O2. The number of amides is 1. The summed E-state index contributed by atoms with van der Waals surface area (Å²) in [6.07, 6.45) is 3.97. The van der Waals surface area contributed by atoms with Crippen LogP contribution in [-0.2, 0) is 4.79 Å². The summed E-state index contributed by atoms with van der Waals surface area (Å²) in [6, 6.07) is 22.7. The van der Waals surface area contributed by atoms with Gasteiger partial charge < -0.3 is 5.32 Å². The standard InChI is InChI=1S/C30H29N3O2/c1-29(2)27(30(29,3)4)28(35)31-22-12-8-11-20(17-22)26(34)21-14-15-23-24(32-33-25(23)18-21)16-13-19-9-6-5-7-10-19/h5-18,27H,1-4H3,(H,31,35)(H,32,33)/b16-13+. The van der Waals surface area contributed by atoms with Gasteiger partial charge in [0, 0.05) is 28.1 Å². The summed E-state index contributed by atoms with van der Waals surface area (Å²) in [5.41, 5.74) is 4.35. The number of ketones is 1. The van der Waals surface area contributed by atoms with E-state index in [1.807, 2.05) is 66.7 Å². The first kappa shape index (κ1) is 22.8. The highest BCUT2D eigenvalue weighted by Gasteiger charge is 2.68. The van der Waals surface area contributed by atoms with Crippen molar-refractivity contribution in [1.29, 1.82) is 0 Å². The number of carbonyl (C=O) groups is 2. The molecule has 1 amide bonds. The Bertz CT molecular complexity index is 1450. The predicted molar refractivity (Wildman–Crippen MR) is 141 cm³/mol. The number of hydrogen-bond donors (Lipinski definition) is 2. The molecule has 0 bridgehead atoms. The lowest BCUT2D eigenvalue weighted by Crippen LogP contribution is -2.18. The maximum Gasteiger partial charge on any atom is 0.228 e. The fourth-order valence-corrected chi connectivity index (χ4v) is 5.02. The zero-order valence-corrected chi connectivity index (χ0v) is 20.4. The number of rotatable bonds is 6. The Morgan fingerprint density at radius 3 is 2.29 bits per heavy atom. The number of benzene rings is 3. The molecule has 4 aromatic rings. The highest BCUT2D eigenvalue weighted by atomic mass is 16.2. The fraction of sp³-hybridized carbons (Fsp3) is 0.233. The SMILES string of the molecule is CC1(C)C(C(=O)Nc2cccc(C(=O)c3ccc4c(/C=C/c5ccccc5)n[nH]c4c3)c2)C1(C)C. The second kappa shape index (κ2) is 8.35. The molecule has 1 saturated carbocycles. The molecule has 176 valence electrons. The molecule has 0 aliphatic heterocycles. The zero-order chi connectivity index (χ0) is 24.8. The van der Waals surface area contributed by atoms with Crippen molar-refractivity contribution in [1.82, 2.24) is 10.2 Å². The molecule has 0 unspecified atom stereocenters. The van der Waals surface area contributed by atoms with Crippen molar-refractivity contribution < 1.29 is 9.59 Å². The van der Waals surface area contributed by atoms with Gasteiger partial charge in [0.15, 0.2) is 5.78 Å². The van der Waals surface area contributed by atoms with Crippen LogP contribution in [0.2, 0.25) is 0 Å². The number of nitrogens with one attached hydrogen (secondary N) is 2. The molecule has 0 saturated heterocycles. The lowest BCUT2D eigenvalue weighted by atomic mass is 10.0. The van der Waals surface area contributed by atoms with Gasteiger partial charge in [-0.25, -0.2) is 0 Å². The van der Waals surface area contributed by atoms with E-state index in [2.05, 4.69) is 43.2 Å². The van der Waals surface area contributed by atoms with E-state index in [1.54, 1.807) is 18.2 Å². The Labute approximate surface area is 205 Å². The van der Waals surface area contributed by atoms with Gasteiger partial charge in [-0.2, -0.15) is 5.10 Å². The molecule has 35 heavy (non-hydrogen) atoms. The second-order valence-electron chi connectivity index (χ2n) is 10.4. The van der Waals surface area contributed by atoms with Crippen molar-refractivity contribution in [3.05, 3.63) is 95.2 Å². The van der Waals surface area contributed by atoms with Gasteiger partial charge >= 0.3 is 0 Å². The highest BCUT2D eigenvalue weighted by Crippen LogP contribution is 2.68. The van der Waals surface area contributed by atoms with E-state index in [0.717, 1.165) is 22.2 Å². The molecule has 2 N–H and O–H groups in total. The number of aromatic amines is 1. The Kier molecular flexibility index (Phi) is 5.43. The van der Waals surface area contributed by atoms with Gasteiger partial charge in [0.1, 0.15) is 0 Å². The smallest absolute Gasteiger partial charge is 0.228 e. The molecular weight excluding hydrogens is 434 g/mol. The Morgan fingerprint density at radius 1 is 0.857 bits per heavy atom. The summed E-state index contributed by atoms with van der Waals surface area (Å²) >= 11 is 0. The molecule has 3 aromatic carbocycles. The molecule has 1 aromatic heterocycles. The Hall–Kier alpha value is -3.99. The molecule has 0 radical (unpaired) electrons. The molecule has 5 nitrogen and oxygen atoms in total. The minimum absolute atomic E-state index is 0.000402. The van der Waals surface area contributed by atoms with E-state index < -0.39 is 0 Å². The Balaban J connectivity index is 1.34. The van der Waals surface area contributed by atoms with Crippen LogP contribution < -0.4 is 5.32 Å². The van der Waals surface area contributed by atoms with E-state index in [0.29, 0.717) is 16.8 Å². The molecule has 1 fully saturated rings. The van der Waals surface area contributed by atoms with E-state index in [9.17, 15) is 9.59 Å². The molecule has 1 heterocycles. The number of hydrogen-bond acceptors (Lipinski definition) is 3. The van der Waals surface area contributed by atoms with E-state index >= 15 is 0 Å². The van der Waals surface area contributed by atoms with Gasteiger partial charge in [-0.3, -0.25) is 14.7 Å². The highest BCUT2D eigenvalue weighted by molar-refractivity contribution is 6.11. The normalized spacial score (nSPS) is 16.5. The fourth-order valence-electron chi connectivity index (χ4n) is 5.02. The van der Waals surface area contributed by atoms with Crippen LogP contribution in [0, 0.1) is 16.7 Å². The molecule has 1 aliphatic carbocycles. The van der Waals surface area contributed by atoms with Crippen LogP contribution in [0.15, 0.2) is 72.8 Å². The monoisotopic (exact) mass is 463 g/mol. The molecule has 0 atom stereocenters. The summed E-state index contributed by atoms with van der Waals surface area (Å²) in [5, 5.41) is 11.4. The van der Waals surface area contributed by atoms with Crippen LogP contribution in [0.4, 0.5) is 5.69 Å². The summed E-state index contributed by atoms with van der Waals surface area (Å²) in [4.78, 5) is 26.1. The molecule has 1 aliphatic rings. The van der Waals surface area contributed by atoms with Crippen LogP contribution in [0.25, 0.3) is 23.1 Å². The van der Waals surface area contributed by atoms with Crippen molar-refractivity contribution in [3.63, 3.8) is 0 Å². The quantitative estimate of drug-likeness (QED) is 0.317. The number of H-pyrrole nitrogens is 1. The van der Waals surface area contributed by atoms with Gasteiger partial charge in [0.05, 0.1) is 11.2 Å². The van der Waals surface area contributed by atoms with E-state index in [1.165, 1.54) is 0 Å². The van der Waals surface area contributed by atoms with Gasteiger partial charge in [-0.1, -0.05) is 82.3 Å². The van der Waals surface area contributed by atoms with Crippen molar-refractivity contribution >= 4 is 40.4 Å². The van der Waals surface area contributed by atoms with Crippen LogP contribution >= 0.6 is 0 Å². The predicted octanol–water partition coefficient (Wildman–Crippen LogP) is 6.59. The zero-order valence-electron chi connectivity index (χ0n) is 20.4. The van der Waals surface area contributed by atoms with Crippen LogP contribution in [-0.4, -0.2) is 21.9 Å². The number of fused-ring (bicyclic) bond motifs is 1. The third kappa shape index (κ3) is 4.08. The average Bonchev–Trinajstić information content (AvgIpc) is 3.10. The third-order valence-electron chi connectivity index (χ3n) is 7.76. The first-order valence-electron chi connectivity index (χ1n) is 11.9. The van der Waals surface area contributed by atoms with Crippen molar-refractivity contribution in [2.24, 2.45) is 16.7 Å². The van der Waals surface area contributed by atoms with Crippen molar-refractivity contribution in [3.8, 4) is 0 Å². The summed E-state index contributed by atoms with van der Waals surface area (Å²) in [7, 11) is 0. The summed E-state index contributed by atoms with van der Waals surface area (Å²) in [6.45, 7) is 8.47. The van der Waals surface area contributed by atoms with Crippen LogP contribution in [0.1, 0.15) is 54.9 Å². The first-order valence-corrected chi connectivity index (χ1v) is 11.9. The van der Waals surface area contributed by atoms with Crippen molar-refractivity contribution in [2.75, 3.05) is 5.32 Å². The number of anilines is 1. The minimum Gasteiger partial charge on any atom is -0.326 e. The van der Waals surface area contributed by atoms with Crippen LogP contribution in [0.5, 0.6) is 0 Å². The van der Waals surface area contributed by atoms with E-state index in [4.69, 9.17) is 0 Å². The van der Waals surface area contributed by atoms with E-state index in [-0.39, 0.29) is 28.4 Å². The topological polar surface area (TPSA) is 74.8 Å². The van der Waals surface area contributed by atoms with Gasteiger partial charge in [-0.15, -0.1) is 0 Å². The van der Waals surface area contributed by atoms with Gasteiger partial charge in [0.2, 0.25) is 5.91 Å². The first-order chi connectivity index (χ1) is 16.7. The second-order valence-corrected chi connectivity index (χ2v) is 10.4. The lowest BCUT2D eigenvalue weighted by Gasteiger charge is -2.08. The summed E-state index contributed by atoms with van der Waals surface area (Å²) < 4.78 is 0. The number of aromatic nitrogens is 2. The average molecular weight is 464 g/mol.